The van der Waals surface area contributed by atoms with Crippen molar-refractivity contribution in [3.05, 3.63) is 51.3 Å². The third-order valence-corrected chi connectivity index (χ3v) is 4.62. The average molecular weight is 346 g/mol. The molecule has 0 fully saturated rings. The first-order valence-electron chi connectivity index (χ1n) is 7.29. The van der Waals surface area contributed by atoms with Crippen molar-refractivity contribution < 1.29 is 4.79 Å². The Morgan fingerprint density at radius 2 is 1.81 bits per heavy atom. The van der Waals surface area contributed by atoms with E-state index in [1.165, 1.54) is 5.56 Å². The van der Waals surface area contributed by atoms with Gasteiger partial charge in [0.15, 0.2) is 5.78 Å². The van der Waals surface area contributed by atoms with E-state index in [0.717, 1.165) is 33.5 Å². The predicted octanol–water partition coefficient (Wildman–Crippen LogP) is 5.01. The van der Waals surface area contributed by atoms with Gasteiger partial charge in [-0.3, -0.25) is 4.79 Å². The van der Waals surface area contributed by atoms with Crippen molar-refractivity contribution in [2.75, 3.05) is 0 Å². The first-order valence-corrected chi connectivity index (χ1v) is 8.08. The lowest BCUT2D eigenvalue weighted by atomic mass is 9.76. The van der Waals surface area contributed by atoms with Gasteiger partial charge in [0.25, 0.3) is 0 Å². The Balaban J connectivity index is 2.23. The lowest BCUT2D eigenvalue weighted by Gasteiger charge is -2.30. The maximum Gasteiger partial charge on any atom is 0.165 e. The Morgan fingerprint density at radius 3 is 2.48 bits per heavy atom. The summed E-state index contributed by atoms with van der Waals surface area (Å²) in [6, 6.07) is 8.43. The van der Waals surface area contributed by atoms with Gasteiger partial charge in [0.2, 0.25) is 0 Å². The number of hydrogen-bond acceptors (Lipinski definition) is 1. The highest BCUT2D eigenvalue weighted by atomic mass is 79.9. The summed E-state index contributed by atoms with van der Waals surface area (Å²) in [5, 5.41) is 0. The van der Waals surface area contributed by atoms with Crippen LogP contribution in [0.4, 0.5) is 0 Å². The summed E-state index contributed by atoms with van der Waals surface area (Å²) >= 11 is 3.57. The molecular weight excluding hydrogens is 326 g/mol. The fraction of sp³-hybridized carbons (Fsp3) is 0.389. The maximum atomic E-state index is 12.4. The SMILES string of the molecule is Cc1cc(Br)cc(-n2c(C)cc3c2CC(C)(C)CC3=O)c1. The largest absolute Gasteiger partial charge is 0.317 e. The average Bonchev–Trinajstić information content (AvgIpc) is 2.63. The van der Waals surface area contributed by atoms with Gasteiger partial charge in [0.1, 0.15) is 0 Å². The zero-order valence-corrected chi connectivity index (χ0v) is 14.5. The van der Waals surface area contributed by atoms with Gasteiger partial charge in [0, 0.05) is 33.5 Å². The molecule has 1 heterocycles. The number of nitrogens with zero attached hydrogens (tertiary/aromatic N) is 1. The number of rotatable bonds is 1. The van der Waals surface area contributed by atoms with Crippen molar-refractivity contribution in [3.8, 4) is 5.69 Å². The van der Waals surface area contributed by atoms with Crippen LogP contribution in [0, 0.1) is 19.3 Å². The highest BCUT2D eigenvalue weighted by Gasteiger charge is 2.34. The second kappa shape index (κ2) is 4.84. The van der Waals surface area contributed by atoms with Gasteiger partial charge in [-0.25, -0.2) is 0 Å². The molecule has 0 aliphatic heterocycles. The smallest absolute Gasteiger partial charge is 0.165 e. The summed E-state index contributed by atoms with van der Waals surface area (Å²) in [7, 11) is 0. The molecular formula is C18H20BrNO. The molecule has 0 atom stereocenters. The van der Waals surface area contributed by atoms with Crippen LogP contribution in [-0.4, -0.2) is 10.4 Å². The van der Waals surface area contributed by atoms with Crippen LogP contribution in [0.25, 0.3) is 5.69 Å². The molecule has 0 saturated carbocycles. The maximum absolute atomic E-state index is 12.4. The lowest BCUT2D eigenvalue weighted by molar-refractivity contribution is 0.0911. The molecule has 0 amide bonds. The van der Waals surface area contributed by atoms with Crippen LogP contribution in [0.15, 0.2) is 28.7 Å². The van der Waals surface area contributed by atoms with Crippen LogP contribution in [0.5, 0.6) is 0 Å². The van der Waals surface area contributed by atoms with Gasteiger partial charge in [0.05, 0.1) is 0 Å². The van der Waals surface area contributed by atoms with Crippen molar-refractivity contribution >= 4 is 21.7 Å². The molecule has 0 bridgehead atoms. The van der Waals surface area contributed by atoms with E-state index >= 15 is 0 Å². The molecule has 3 rings (SSSR count). The summed E-state index contributed by atoms with van der Waals surface area (Å²) in [6.45, 7) is 8.52. The Hall–Kier alpha value is -1.35. The van der Waals surface area contributed by atoms with Crippen LogP contribution < -0.4 is 0 Å². The van der Waals surface area contributed by atoms with Crippen LogP contribution in [0.1, 0.15) is 47.6 Å². The molecule has 1 aromatic heterocycles. The first-order chi connectivity index (χ1) is 9.77. The fourth-order valence-corrected chi connectivity index (χ4v) is 3.95. The van der Waals surface area contributed by atoms with E-state index in [4.69, 9.17) is 0 Å². The minimum Gasteiger partial charge on any atom is -0.317 e. The number of aromatic nitrogens is 1. The minimum atomic E-state index is 0.0354. The topological polar surface area (TPSA) is 22.0 Å². The Morgan fingerprint density at radius 1 is 1.10 bits per heavy atom. The normalized spacial score (nSPS) is 16.9. The van der Waals surface area contributed by atoms with Crippen LogP contribution >= 0.6 is 15.9 Å². The Labute approximate surface area is 134 Å². The summed E-state index contributed by atoms with van der Waals surface area (Å²) < 4.78 is 3.31. The molecule has 0 spiro atoms. The van der Waals surface area contributed by atoms with Crippen molar-refractivity contribution in [3.63, 3.8) is 0 Å². The molecule has 1 aromatic carbocycles. The van der Waals surface area contributed by atoms with Gasteiger partial charge in [-0.1, -0.05) is 29.8 Å². The fourth-order valence-electron chi connectivity index (χ4n) is 3.36. The van der Waals surface area contributed by atoms with Gasteiger partial charge >= 0.3 is 0 Å². The quantitative estimate of drug-likeness (QED) is 0.711. The number of carbonyl (C=O) groups is 1. The summed E-state index contributed by atoms with van der Waals surface area (Å²) in [6.07, 6.45) is 1.58. The number of ketones is 1. The molecule has 0 N–H and O–H groups in total. The molecule has 110 valence electrons. The number of carbonyl (C=O) groups excluding carboxylic acids is 1. The Bertz CT molecular complexity index is 720. The minimum absolute atomic E-state index is 0.0354. The number of fused-ring (bicyclic) bond motifs is 1. The molecule has 0 unspecified atom stereocenters. The molecule has 1 aliphatic carbocycles. The third-order valence-electron chi connectivity index (χ3n) is 4.16. The van der Waals surface area contributed by atoms with Gasteiger partial charge in [-0.2, -0.15) is 0 Å². The van der Waals surface area contributed by atoms with E-state index in [0.29, 0.717) is 6.42 Å². The molecule has 21 heavy (non-hydrogen) atoms. The molecule has 2 nitrogen and oxygen atoms in total. The molecule has 2 aromatic rings. The second-order valence-electron chi connectivity index (χ2n) is 6.91. The number of benzene rings is 1. The van der Waals surface area contributed by atoms with Crippen LogP contribution in [-0.2, 0) is 6.42 Å². The monoisotopic (exact) mass is 345 g/mol. The summed E-state index contributed by atoms with van der Waals surface area (Å²) in [5.74, 6) is 0.273. The number of halogens is 1. The number of hydrogen-bond donors (Lipinski definition) is 0. The van der Waals surface area contributed by atoms with E-state index in [2.05, 4.69) is 66.4 Å². The number of aryl methyl sites for hydroxylation is 2. The van der Waals surface area contributed by atoms with Crippen molar-refractivity contribution in [2.45, 2.75) is 40.5 Å². The van der Waals surface area contributed by atoms with Crippen LogP contribution in [0.3, 0.4) is 0 Å². The standard InChI is InChI=1S/C18H20BrNO/c1-11-5-13(19)8-14(6-11)20-12(2)7-15-16(20)9-18(3,4)10-17(15)21/h5-8H,9-10H2,1-4H3. The van der Waals surface area contributed by atoms with Gasteiger partial charge < -0.3 is 4.57 Å². The zero-order valence-electron chi connectivity index (χ0n) is 13.0. The molecule has 1 aliphatic rings. The van der Waals surface area contributed by atoms with Crippen molar-refractivity contribution in [1.29, 1.82) is 0 Å². The molecule has 0 radical (unpaired) electrons. The van der Waals surface area contributed by atoms with Gasteiger partial charge in [-0.15, -0.1) is 0 Å². The highest BCUT2D eigenvalue weighted by molar-refractivity contribution is 9.10. The van der Waals surface area contributed by atoms with Crippen molar-refractivity contribution in [2.24, 2.45) is 5.41 Å². The first kappa shape index (κ1) is 14.6. The highest BCUT2D eigenvalue weighted by Crippen LogP contribution is 2.37. The summed E-state index contributed by atoms with van der Waals surface area (Å²) in [4.78, 5) is 12.4. The van der Waals surface area contributed by atoms with Crippen LogP contribution in [0.2, 0.25) is 0 Å². The predicted molar refractivity (Wildman–Crippen MR) is 89.4 cm³/mol. The molecule has 0 saturated heterocycles. The lowest BCUT2D eigenvalue weighted by Crippen LogP contribution is -2.27. The van der Waals surface area contributed by atoms with E-state index in [-0.39, 0.29) is 11.2 Å². The summed E-state index contributed by atoms with van der Waals surface area (Å²) in [5.41, 5.74) is 5.57. The van der Waals surface area contributed by atoms with E-state index < -0.39 is 0 Å². The van der Waals surface area contributed by atoms with Crippen molar-refractivity contribution in [1.82, 2.24) is 4.57 Å². The number of Topliss-reactive ketones (excluding diaryl/α,β-unsaturated/α-hetero) is 1. The Kier molecular flexibility index (Phi) is 3.36. The third kappa shape index (κ3) is 2.59. The zero-order chi connectivity index (χ0) is 15.4. The van der Waals surface area contributed by atoms with Gasteiger partial charge in [-0.05, 0) is 55.5 Å². The van der Waals surface area contributed by atoms with E-state index in [9.17, 15) is 4.79 Å². The van der Waals surface area contributed by atoms with E-state index in [1.807, 2.05) is 6.07 Å². The second-order valence-corrected chi connectivity index (χ2v) is 7.82. The van der Waals surface area contributed by atoms with E-state index in [1.54, 1.807) is 0 Å². The molecule has 3 heteroatoms.